The molecule has 1 unspecified atom stereocenters. The van der Waals surface area contributed by atoms with E-state index in [0.717, 1.165) is 5.92 Å². The van der Waals surface area contributed by atoms with E-state index in [9.17, 15) is 0 Å². The molecule has 0 radical (unpaired) electrons. The Kier molecular flexibility index (Phi) is 3.58. The lowest BCUT2D eigenvalue weighted by Gasteiger charge is -2.07. The van der Waals surface area contributed by atoms with Crippen LogP contribution in [0.15, 0.2) is 23.8 Å². The van der Waals surface area contributed by atoms with Crippen molar-refractivity contribution in [3.63, 3.8) is 0 Å². The normalized spacial score (nSPS) is 25.0. The highest BCUT2D eigenvalue weighted by Crippen LogP contribution is 2.32. The Morgan fingerprint density at radius 3 is 2.92 bits per heavy atom. The summed E-state index contributed by atoms with van der Waals surface area (Å²) in [6.45, 7) is 8.39. The summed E-state index contributed by atoms with van der Waals surface area (Å²) in [5, 5.41) is 0. The lowest BCUT2D eigenvalue weighted by atomic mass is 9.98. The molecule has 1 atom stereocenters. The maximum Gasteiger partial charge on any atom is -0.0294 e. The molecule has 0 N–H and O–H groups in total. The van der Waals surface area contributed by atoms with E-state index in [-0.39, 0.29) is 0 Å². The van der Waals surface area contributed by atoms with E-state index in [1.807, 2.05) is 0 Å². The van der Waals surface area contributed by atoms with E-state index in [2.05, 4.69) is 26.5 Å². The van der Waals surface area contributed by atoms with E-state index < -0.39 is 0 Å². The Morgan fingerprint density at radius 2 is 2.42 bits per heavy atom. The summed E-state index contributed by atoms with van der Waals surface area (Å²) in [7, 11) is 0. The van der Waals surface area contributed by atoms with Crippen LogP contribution in [0.4, 0.5) is 0 Å². The second kappa shape index (κ2) is 4.49. The molecular formula is C12H20. The van der Waals surface area contributed by atoms with Crippen molar-refractivity contribution in [2.24, 2.45) is 5.92 Å². The highest BCUT2D eigenvalue weighted by molar-refractivity contribution is 5.03. The number of allylic oxidation sites excluding steroid dienone is 3. The molecule has 1 aliphatic rings. The van der Waals surface area contributed by atoms with Crippen molar-refractivity contribution in [2.75, 3.05) is 0 Å². The highest BCUT2D eigenvalue weighted by Gasteiger charge is 2.16. The standard InChI is InChI=1S/C12H20/c1-4-10(2)5-7-12-8-6-11(3)9-12/h4,12H,3,5-9H2,1-2H3. The van der Waals surface area contributed by atoms with Crippen LogP contribution in [0.5, 0.6) is 0 Å². The van der Waals surface area contributed by atoms with E-state index in [4.69, 9.17) is 0 Å². The highest BCUT2D eigenvalue weighted by atomic mass is 14.2. The molecule has 1 saturated carbocycles. The zero-order chi connectivity index (χ0) is 8.97. The van der Waals surface area contributed by atoms with Crippen LogP contribution in [-0.2, 0) is 0 Å². The molecule has 0 aromatic rings. The van der Waals surface area contributed by atoms with Crippen molar-refractivity contribution in [3.05, 3.63) is 23.8 Å². The summed E-state index contributed by atoms with van der Waals surface area (Å²) in [4.78, 5) is 0. The molecule has 1 rings (SSSR count). The van der Waals surface area contributed by atoms with Gasteiger partial charge < -0.3 is 0 Å². The van der Waals surface area contributed by atoms with Crippen molar-refractivity contribution in [1.82, 2.24) is 0 Å². The predicted molar refractivity (Wildman–Crippen MR) is 55.1 cm³/mol. The molecule has 1 aliphatic carbocycles. The van der Waals surface area contributed by atoms with Gasteiger partial charge in [0.25, 0.3) is 0 Å². The second-order valence-corrected chi connectivity index (χ2v) is 4.03. The predicted octanol–water partition coefficient (Wildman–Crippen LogP) is 4.09. The van der Waals surface area contributed by atoms with Gasteiger partial charge in [-0.25, -0.2) is 0 Å². The third-order valence-electron chi connectivity index (χ3n) is 2.92. The molecular weight excluding hydrogens is 144 g/mol. The molecule has 0 aromatic carbocycles. The van der Waals surface area contributed by atoms with Gasteiger partial charge in [0.1, 0.15) is 0 Å². The molecule has 0 spiro atoms. The molecule has 1 fully saturated rings. The summed E-state index contributed by atoms with van der Waals surface area (Å²) in [6, 6.07) is 0. The molecule has 0 aliphatic heterocycles. The van der Waals surface area contributed by atoms with Gasteiger partial charge in [-0.15, -0.1) is 0 Å². The molecule has 0 bridgehead atoms. The Labute approximate surface area is 76.4 Å². The van der Waals surface area contributed by atoms with Gasteiger partial charge in [0.15, 0.2) is 0 Å². The number of rotatable bonds is 3. The maximum atomic E-state index is 4.04. The molecule has 0 heterocycles. The van der Waals surface area contributed by atoms with Crippen molar-refractivity contribution in [3.8, 4) is 0 Å². The first-order valence-electron chi connectivity index (χ1n) is 5.00. The van der Waals surface area contributed by atoms with E-state index in [1.54, 1.807) is 0 Å². The minimum atomic E-state index is 0.937. The topological polar surface area (TPSA) is 0 Å². The number of hydrogen-bond acceptors (Lipinski definition) is 0. The van der Waals surface area contributed by atoms with Gasteiger partial charge in [-0.2, -0.15) is 0 Å². The third-order valence-corrected chi connectivity index (χ3v) is 2.92. The van der Waals surface area contributed by atoms with Crippen LogP contribution in [0.1, 0.15) is 46.0 Å². The first-order valence-corrected chi connectivity index (χ1v) is 5.00. The SMILES string of the molecule is C=C1CCC(CCC(C)=CC)C1. The van der Waals surface area contributed by atoms with Crippen LogP contribution in [0.3, 0.4) is 0 Å². The monoisotopic (exact) mass is 164 g/mol. The first-order chi connectivity index (χ1) is 5.72. The van der Waals surface area contributed by atoms with Crippen LogP contribution >= 0.6 is 0 Å². The quantitative estimate of drug-likeness (QED) is 0.551. The minimum absolute atomic E-state index is 0.937. The molecule has 68 valence electrons. The van der Waals surface area contributed by atoms with Gasteiger partial charge in [0.2, 0.25) is 0 Å². The average Bonchev–Trinajstić information content (AvgIpc) is 2.47. The Balaban J connectivity index is 2.20. The molecule has 0 aromatic heterocycles. The zero-order valence-corrected chi connectivity index (χ0v) is 8.40. The van der Waals surface area contributed by atoms with Crippen molar-refractivity contribution in [2.45, 2.75) is 46.0 Å². The van der Waals surface area contributed by atoms with Crippen LogP contribution in [0.25, 0.3) is 0 Å². The van der Waals surface area contributed by atoms with Gasteiger partial charge in [0, 0.05) is 0 Å². The molecule has 0 saturated heterocycles. The van der Waals surface area contributed by atoms with Gasteiger partial charge in [-0.3, -0.25) is 0 Å². The fourth-order valence-corrected chi connectivity index (χ4v) is 1.84. The van der Waals surface area contributed by atoms with Gasteiger partial charge in [-0.05, 0) is 51.9 Å². The molecule has 12 heavy (non-hydrogen) atoms. The summed E-state index contributed by atoms with van der Waals surface area (Å²) in [5.41, 5.74) is 3.01. The number of hydrogen-bond donors (Lipinski definition) is 0. The molecule has 0 heteroatoms. The Hall–Kier alpha value is -0.520. The van der Waals surface area contributed by atoms with Crippen LogP contribution < -0.4 is 0 Å². The Morgan fingerprint density at radius 1 is 1.67 bits per heavy atom. The fraction of sp³-hybridized carbons (Fsp3) is 0.667. The summed E-state index contributed by atoms with van der Waals surface area (Å²) >= 11 is 0. The largest absolute Gasteiger partial charge is 0.0999 e. The lowest BCUT2D eigenvalue weighted by Crippen LogP contribution is -1.93. The Bertz CT molecular complexity index is 186. The fourth-order valence-electron chi connectivity index (χ4n) is 1.84. The van der Waals surface area contributed by atoms with E-state index >= 15 is 0 Å². The van der Waals surface area contributed by atoms with Crippen molar-refractivity contribution < 1.29 is 0 Å². The second-order valence-electron chi connectivity index (χ2n) is 4.03. The molecule has 0 amide bonds. The van der Waals surface area contributed by atoms with Crippen molar-refractivity contribution >= 4 is 0 Å². The van der Waals surface area contributed by atoms with Gasteiger partial charge in [0.05, 0.1) is 0 Å². The zero-order valence-electron chi connectivity index (χ0n) is 8.40. The molecule has 0 nitrogen and oxygen atoms in total. The summed E-state index contributed by atoms with van der Waals surface area (Å²) in [6.07, 6.45) is 8.83. The summed E-state index contributed by atoms with van der Waals surface area (Å²) in [5.74, 6) is 0.937. The van der Waals surface area contributed by atoms with Gasteiger partial charge in [-0.1, -0.05) is 23.8 Å². The van der Waals surface area contributed by atoms with Crippen LogP contribution in [0.2, 0.25) is 0 Å². The van der Waals surface area contributed by atoms with Gasteiger partial charge >= 0.3 is 0 Å². The summed E-state index contributed by atoms with van der Waals surface area (Å²) < 4.78 is 0. The van der Waals surface area contributed by atoms with E-state index in [1.165, 1.54) is 43.3 Å². The smallest absolute Gasteiger partial charge is 0.0294 e. The third kappa shape index (κ3) is 2.84. The maximum absolute atomic E-state index is 4.04. The van der Waals surface area contributed by atoms with Crippen LogP contribution in [0, 0.1) is 5.92 Å². The minimum Gasteiger partial charge on any atom is -0.0999 e. The van der Waals surface area contributed by atoms with E-state index in [0.29, 0.717) is 0 Å². The van der Waals surface area contributed by atoms with Crippen molar-refractivity contribution in [1.29, 1.82) is 0 Å². The first kappa shape index (κ1) is 9.57. The average molecular weight is 164 g/mol. The van der Waals surface area contributed by atoms with Crippen LogP contribution in [-0.4, -0.2) is 0 Å². The lowest BCUT2D eigenvalue weighted by molar-refractivity contribution is 0.509.